The standard InChI is InChI=1S/C18H28N2O/c1-3-21-18-10-5-4-7-14(18)13-19-15-11-16-8-6-9-17(12-15)20(16)2/h4-5,7,10,15-17,19H,3,6,8-9,11-13H2,1-2H3. The van der Waals surface area contributed by atoms with Crippen LogP contribution in [0.2, 0.25) is 0 Å². The molecule has 2 heterocycles. The number of nitrogens with zero attached hydrogens (tertiary/aromatic N) is 1. The third-order valence-electron chi connectivity index (χ3n) is 5.19. The van der Waals surface area contributed by atoms with Gasteiger partial charge in [-0.1, -0.05) is 24.6 Å². The van der Waals surface area contributed by atoms with E-state index in [-0.39, 0.29) is 0 Å². The zero-order chi connectivity index (χ0) is 14.7. The molecular weight excluding hydrogens is 260 g/mol. The molecule has 0 saturated carbocycles. The van der Waals surface area contributed by atoms with Gasteiger partial charge in [-0.05, 0) is 45.7 Å². The van der Waals surface area contributed by atoms with Crippen molar-refractivity contribution < 1.29 is 4.74 Å². The van der Waals surface area contributed by atoms with E-state index in [1.165, 1.54) is 37.7 Å². The Morgan fingerprint density at radius 1 is 1.19 bits per heavy atom. The molecule has 1 N–H and O–H groups in total. The predicted molar refractivity (Wildman–Crippen MR) is 86.7 cm³/mol. The second kappa shape index (κ2) is 6.80. The van der Waals surface area contributed by atoms with Crippen molar-refractivity contribution in [2.24, 2.45) is 0 Å². The van der Waals surface area contributed by atoms with Gasteiger partial charge in [0.1, 0.15) is 5.75 Å². The second-order valence-electron chi connectivity index (χ2n) is 6.49. The average Bonchev–Trinajstić information content (AvgIpc) is 2.47. The molecule has 2 aliphatic rings. The summed E-state index contributed by atoms with van der Waals surface area (Å²) in [7, 11) is 2.31. The highest BCUT2D eigenvalue weighted by Gasteiger charge is 2.35. The summed E-state index contributed by atoms with van der Waals surface area (Å²) in [5.74, 6) is 1.03. The molecule has 2 atom stereocenters. The third-order valence-corrected chi connectivity index (χ3v) is 5.19. The van der Waals surface area contributed by atoms with Crippen LogP contribution in [0.3, 0.4) is 0 Å². The summed E-state index contributed by atoms with van der Waals surface area (Å²) < 4.78 is 5.72. The molecule has 0 spiro atoms. The van der Waals surface area contributed by atoms with Crippen LogP contribution in [0.25, 0.3) is 0 Å². The Hall–Kier alpha value is -1.06. The summed E-state index contributed by atoms with van der Waals surface area (Å²) in [5, 5.41) is 3.78. The quantitative estimate of drug-likeness (QED) is 0.900. The van der Waals surface area contributed by atoms with Crippen LogP contribution in [-0.2, 0) is 6.54 Å². The van der Waals surface area contributed by atoms with Crippen LogP contribution < -0.4 is 10.1 Å². The van der Waals surface area contributed by atoms with E-state index in [9.17, 15) is 0 Å². The number of hydrogen-bond acceptors (Lipinski definition) is 3. The van der Waals surface area contributed by atoms with Crippen molar-refractivity contribution in [3.63, 3.8) is 0 Å². The van der Waals surface area contributed by atoms with Gasteiger partial charge in [-0.15, -0.1) is 0 Å². The molecule has 3 heteroatoms. The first kappa shape index (κ1) is 14.9. The van der Waals surface area contributed by atoms with Gasteiger partial charge in [-0.2, -0.15) is 0 Å². The van der Waals surface area contributed by atoms with E-state index in [2.05, 4.69) is 41.5 Å². The number of para-hydroxylation sites is 1. The first-order valence-corrected chi connectivity index (χ1v) is 8.44. The van der Waals surface area contributed by atoms with E-state index in [0.29, 0.717) is 6.04 Å². The fourth-order valence-corrected chi connectivity index (χ4v) is 3.98. The second-order valence-corrected chi connectivity index (χ2v) is 6.49. The molecule has 2 aliphatic heterocycles. The number of rotatable bonds is 5. The molecule has 2 bridgehead atoms. The summed E-state index contributed by atoms with van der Waals surface area (Å²) in [6, 6.07) is 10.6. The molecule has 1 aromatic rings. The SMILES string of the molecule is CCOc1ccccc1CNC1CC2CCCC(C1)N2C. The lowest BCUT2D eigenvalue weighted by atomic mass is 9.82. The monoisotopic (exact) mass is 288 g/mol. The molecule has 0 aromatic heterocycles. The predicted octanol–water partition coefficient (Wildman–Crippen LogP) is 3.19. The molecule has 0 amide bonds. The highest BCUT2D eigenvalue weighted by Crippen LogP contribution is 2.32. The van der Waals surface area contributed by atoms with E-state index in [4.69, 9.17) is 4.74 Å². The Bertz CT molecular complexity index is 448. The molecule has 2 saturated heterocycles. The Morgan fingerprint density at radius 2 is 1.90 bits per heavy atom. The lowest BCUT2D eigenvalue weighted by Gasteiger charge is -2.47. The van der Waals surface area contributed by atoms with Crippen molar-refractivity contribution >= 4 is 0 Å². The lowest BCUT2D eigenvalue weighted by Crippen LogP contribution is -2.54. The minimum absolute atomic E-state index is 0.659. The molecule has 3 nitrogen and oxygen atoms in total. The van der Waals surface area contributed by atoms with Crippen LogP contribution in [0.1, 0.15) is 44.6 Å². The van der Waals surface area contributed by atoms with Crippen LogP contribution in [0, 0.1) is 0 Å². The van der Waals surface area contributed by atoms with Crippen molar-refractivity contribution in [1.82, 2.24) is 10.2 Å². The van der Waals surface area contributed by atoms with E-state index in [0.717, 1.165) is 31.0 Å². The van der Waals surface area contributed by atoms with E-state index < -0.39 is 0 Å². The highest BCUT2D eigenvalue weighted by atomic mass is 16.5. The Labute approximate surface area is 128 Å². The number of ether oxygens (including phenoxy) is 1. The normalized spacial score (nSPS) is 29.3. The van der Waals surface area contributed by atoms with Crippen LogP contribution in [0.5, 0.6) is 5.75 Å². The van der Waals surface area contributed by atoms with Crippen LogP contribution in [-0.4, -0.2) is 36.7 Å². The molecule has 116 valence electrons. The first-order valence-electron chi connectivity index (χ1n) is 8.44. The first-order chi connectivity index (χ1) is 10.3. The molecule has 2 fully saturated rings. The summed E-state index contributed by atoms with van der Waals surface area (Å²) in [6.45, 7) is 3.70. The Kier molecular flexibility index (Phi) is 4.81. The number of fused-ring (bicyclic) bond motifs is 2. The van der Waals surface area contributed by atoms with E-state index in [1.54, 1.807) is 0 Å². The fraction of sp³-hybridized carbons (Fsp3) is 0.667. The maximum absolute atomic E-state index is 5.72. The van der Waals surface area contributed by atoms with Gasteiger partial charge >= 0.3 is 0 Å². The van der Waals surface area contributed by atoms with Gasteiger partial charge < -0.3 is 15.0 Å². The van der Waals surface area contributed by atoms with Crippen LogP contribution in [0.15, 0.2) is 24.3 Å². The molecule has 1 aromatic carbocycles. The van der Waals surface area contributed by atoms with Gasteiger partial charge in [0.05, 0.1) is 6.61 Å². The van der Waals surface area contributed by atoms with Gasteiger partial charge in [-0.3, -0.25) is 0 Å². The largest absolute Gasteiger partial charge is 0.494 e. The average molecular weight is 288 g/mol. The van der Waals surface area contributed by atoms with Crippen molar-refractivity contribution in [2.45, 2.75) is 63.7 Å². The van der Waals surface area contributed by atoms with Gasteiger partial charge in [0, 0.05) is 30.2 Å². The topological polar surface area (TPSA) is 24.5 Å². The minimum Gasteiger partial charge on any atom is -0.494 e. The van der Waals surface area contributed by atoms with E-state index >= 15 is 0 Å². The zero-order valence-electron chi connectivity index (χ0n) is 13.3. The lowest BCUT2D eigenvalue weighted by molar-refractivity contribution is 0.0482. The summed E-state index contributed by atoms with van der Waals surface area (Å²) >= 11 is 0. The highest BCUT2D eigenvalue weighted by molar-refractivity contribution is 5.33. The van der Waals surface area contributed by atoms with Crippen LogP contribution in [0.4, 0.5) is 0 Å². The molecular formula is C18H28N2O. The third kappa shape index (κ3) is 3.41. The summed E-state index contributed by atoms with van der Waals surface area (Å²) in [6.07, 6.45) is 6.76. The Morgan fingerprint density at radius 3 is 2.62 bits per heavy atom. The molecule has 0 radical (unpaired) electrons. The molecule has 21 heavy (non-hydrogen) atoms. The van der Waals surface area contributed by atoms with Crippen molar-refractivity contribution in [2.75, 3.05) is 13.7 Å². The fourth-order valence-electron chi connectivity index (χ4n) is 3.98. The van der Waals surface area contributed by atoms with Crippen molar-refractivity contribution in [3.8, 4) is 5.75 Å². The van der Waals surface area contributed by atoms with Gasteiger partial charge in [0.25, 0.3) is 0 Å². The number of nitrogens with one attached hydrogen (secondary N) is 1. The van der Waals surface area contributed by atoms with Gasteiger partial charge in [-0.25, -0.2) is 0 Å². The van der Waals surface area contributed by atoms with Crippen LogP contribution >= 0.6 is 0 Å². The maximum Gasteiger partial charge on any atom is 0.123 e. The van der Waals surface area contributed by atoms with Crippen molar-refractivity contribution in [1.29, 1.82) is 0 Å². The van der Waals surface area contributed by atoms with Gasteiger partial charge in [0.15, 0.2) is 0 Å². The minimum atomic E-state index is 0.659. The molecule has 2 unspecified atom stereocenters. The number of hydrogen-bond donors (Lipinski definition) is 1. The zero-order valence-corrected chi connectivity index (χ0v) is 13.3. The smallest absolute Gasteiger partial charge is 0.123 e. The van der Waals surface area contributed by atoms with Gasteiger partial charge in [0.2, 0.25) is 0 Å². The van der Waals surface area contributed by atoms with E-state index in [1.807, 2.05) is 6.92 Å². The Balaban J connectivity index is 1.58. The molecule has 3 rings (SSSR count). The number of benzene rings is 1. The number of piperidine rings is 2. The summed E-state index contributed by atoms with van der Waals surface area (Å²) in [5.41, 5.74) is 1.28. The molecule has 0 aliphatic carbocycles. The van der Waals surface area contributed by atoms with Crippen molar-refractivity contribution in [3.05, 3.63) is 29.8 Å². The summed E-state index contributed by atoms with van der Waals surface area (Å²) in [4.78, 5) is 2.62. The maximum atomic E-state index is 5.72.